The molecule has 0 fully saturated rings. The summed E-state index contributed by atoms with van der Waals surface area (Å²) in [5.74, 6) is 0.136. The number of rotatable bonds is 0. The molecule has 20 heavy (non-hydrogen) atoms. The topological polar surface area (TPSA) is 32.3 Å². The molecule has 2 aromatic rings. The summed E-state index contributed by atoms with van der Waals surface area (Å²) in [7, 11) is 0. The van der Waals surface area contributed by atoms with Crippen molar-refractivity contribution in [3.63, 3.8) is 0 Å². The minimum atomic E-state index is -0.429. The molecule has 0 saturated heterocycles. The summed E-state index contributed by atoms with van der Waals surface area (Å²) in [5.41, 5.74) is 4.88. The van der Waals surface area contributed by atoms with Crippen LogP contribution in [0.3, 0.4) is 0 Å². The van der Waals surface area contributed by atoms with E-state index in [2.05, 4.69) is 54.7 Å². The van der Waals surface area contributed by atoms with Crippen LogP contribution in [0.2, 0.25) is 0 Å². The van der Waals surface area contributed by atoms with Crippen LogP contribution in [-0.2, 0) is 12.0 Å². The molecule has 0 unspecified atom stereocenters. The van der Waals surface area contributed by atoms with Crippen LogP contribution in [0.5, 0.6) is 0 Å². The fraction of sp³-hybridized carbons (Fsp3) is 0.333. The Bertz CT molecular complexity index is 666. The first-order valence-electron chi connectivity index (χ1n) is 7.29. The van der Waals surface area contributed by atoms with Crippen molar-refractivity contribution in [1.29, 1.82) is 0 Å². The average Bonchev–Trinajstić information content (AvgIpc) is 2.69. The predicted octanol–water partition coefficient (Wildman–Crippen LogP) is 2.88. The summed E-state index contributed by atoms with van der Waals surface area (Å²) in [5, 5.41) is 14.6. The number of aliphatic hydroxyl groups is 1. The van der Waals surface area contributed by atoms with Gasteiger partial charge >= 0.3 is 0 Å². The quantitative estimate of drug-likeness (QED) is 0.767. The van der Waals surface area contributed by atoms with E-state index in [4.69, 9.17) is 0 Å². The third-order valence-electron chi connectivity index (χ3n) is 4.97. The van der Waals surface area contributed by atoms with Gasteiger partial charge in [0.15, 0.2) is 0 Å². The zero-order valence-corrected chi connectivity index (χ0v) is 11.6. The Morgan fingerprint density at radius 1 is 1.05 bits per heavy atom. The summed E-state index contributed by atoms with van der Waals surface area (Å²) < 4.78 is 0. The molecule has 2 aliphatic heterocycles. The molecule has 0 spiro atoms. The van der Waals surface area contributed by atoms with Crippen LogP contribution >= 0.6 is 0 Å². The molecule has 0 aromatic heterocycles. The lowest BCUT2D eigenvalue weighted by Crippen LogP contribution is -2.40. The van der Waals surface area contributed by atoms with Crippen LogP contribution in [-0.4, -0.2) is 11.7 Å². The maximum Gasteiger partial charge on any atom is 0.0874 e. The molecule has 2 N–H and O–H groups in total. The summed E-state index contributed by atoms with van der Waals surface area (Å²) in [6.45, 7) is 3.08. The van der Waals surface area contributed by atoms with Crippen LogP contribution in [0.25, 0.3) is 0 Å². The van der Waals surface area contributed by atoms with E-state index < -0.39 is 6.10 Å². The number of hydrogen-bond acceptors (Lipinski definition) is 2. The lowest BCUT2D eigenvalue weighted by atomic mass is 9.76. The van der Waals surface area contributed by atoms with Crippen LogP contribution in [0.4, 0.5) is 0 Å². The van der Waals surface area contributed by atoms with Gasteiger partial charge in [0.05, 0.1) is 6.10 Å². The number of aliphatic hydroxyl groups excluding tert-OH is 1. The van der Waals surface area contributed by atoms with Gasteiger partial charge in [0.2, 0.25) is 0 Å². The van der Waals surface area contributed by atoms with Gasteiger partial charge < -0.3 is 10.4 Å². The Morgan fingerprint density at radius 3 is 2.60 bits per heavy atom. The summed E-state index contributed by atoms with van der Waals surface area (Å²) >= 11 is 0. The van der Waals surface area contributed by atoms with Gasteiger partial charge in [0.25, 0.3) is 0 Å². The molecule has 0 saturated carbocycles. The summed E-state index contributed by atoms with van der Waals surface area (Å²) in [6.07, 6.45) is 0.547. The van der Waals surface area contributed by atoms with E-state index >= 15 is 0 Å². The molecular weight excluding hydrogens is 246 g/mol. The molecule has 102 valence electrons. The second-order valence-corrected chi connectivity index (χ2v) is 6.23. The Labute approximate surface area is 119 Å². The van der Waals surface area contributed by atoms with E-state index in [1.807, 2.05) is 6.07 Å². The molecule has 2 aliphatic rings. The van der Waals surface area contributed by atoms with Crippen LogP contribution in [0, 0.1) is 0 Å². The lowest BCUT2D eigenvalue weighted by Gasteiger charge is -2.32. The summed E-state index contributed by atoms with van der Waals surface area (Å²) in [6, 6.07) is 16.9. The highest BCUT2D eigenvalue weighted by Crippen LogP contribution is 2.45. The van der Waals surface area contributed by atoms with Crippen molar-refractivity contribution in [3.8, 4) is 0 Å². The molecule has 4 rings (SSSR count). The van der Waals surface area contributed by atoms with E-state index in [1.54, 1.807) is 0 Å². The van der Waals surface area contributed by atoms with Gasteiger partial charge in [-0.2, -0.15) is 0 Å². The predicted molar refractivity (Wildman–Crippen MR) is 79.6 cm³/mol. The molecule has 2 bridgehead atoms. The third-order valence-corrected chi connectivity index (χ3v) is 4.97. The Balaban J connectivity index is 2.00. The van der Waals surface area contributed by atoms with Crippen molar-refractivity contribution >= 4 is 0 Å². The van der Waals surface area contributed by atoms with Gasteiger partial charge in [-0.25, -0.2) is 0 Å². The molecule has 2 heteroatoms. The smallest absolute Gasteiger partial charge is 0.0874 e. The van der Waals surface area contributed by atoms with E-state index in [-0.39, 0.29) is 11.5 Å². The first kappa shape index (κ1) is 12.1. The highest BCUT2D eigenvalue weighted by atomic mass is 16.3. The van der Waals surface area contributed by atoms with Crippen LogP contribution in [0.1, 0.15) is 41.2 Å². The molecule has 2 heterocycles. The molecule has 3 atom stereocenters. The van der Waals surface area contributed by atoms with Gasteiger partial charge in [-0.05, 0) is 35.6 Å². The van der Waals surface area contributed by atoms with E-state index in [0.29, 0.717) is 0 Å². The second kappa shape index (κ2) is 4.18. The largest absolute Gasteiger partial charge is 0.388 e. The zero-order valence-electron chi connectivity index (χ0n) is 11.6. The maximum absolute atomic E-state index is 10.9. The number of nitrogens with one attached hydrogen (secondary N) is 1. The maximum atomic E-state index is 10.9. The zero-order chi connectivity index (χ0) is 13.7. The van der Waals surface area contributed by atoms with Crippen LogP contribution in [0.15, 0.2) is 48.5 Å². The normalized spacial score (nSPS) is 31.1. The van der Waals surface area contributed by atoms with Gasteiger partial charge in [-0.1, -0.05) is 48.5 Å². The summed E-state index contributed by atoms with van der Waals surface area (Å²) in [4.78, 5) is 0. The van der Waals surface area contributed by atoms with Crippen molar-refractivity contribution in [2.75, 3.05) is 6.54 Å². The molecule has 0 aliphatic carbocycles. The van der Waals surface area contributed by atoms with E-state index in [9.17, 15) is 5.11 Å². The van der Waals surface area contributed by atoms with Crippen molar-refractivity contribution in [3.05, 3.63) is 70.8 Å². The Morgan fingerprint density at radius 2 is 1.75 bits per heavy atom. The van der Waals surface area contributed by atoms with E-state index in [0.717, 1.165) is 18.5 Å². The molecule has 0 radical (unpaired) electrons. The first-order chi connectivity index (χ1) is 9.69. The lowest BCUT2D eigenvalue weighted by molar-refractivity contribution is 0.146. The molecule has 0 amide bonds. The van der Waals surface area contributed by atoms with Gasteiger partial charge in [-0.15, -0.1) is 0 Å². The minimum absolute atomic E-state index is 0.0983. The molecule has 2 aromatic carbocycles. The number of benzene rings is 2. The van der Waals surface area contributed by atoms with E-state index in [1.165, 1.54) is 16.7 Å². The Hall–Kier alpha value is -1.64. The van der Waals surface area contributed by atoms with Crippen molar-refractivity contribution < 1.29 is 5.11 Å². The third kappa shape index (κ3) is 1.58. The van der Waals surface area contributed by atoms with Crippen LogP contribution < -0.4 is 5.32 Å². The fourth-order valence-electron chi connectivity index (χ4n) is 3.89. The Kier molecular flexibility index (Phi) is 2.53. The van der Waals surface area contributed by atoms with Gasteiger partial charge in [0, 0.05) is 18.0 Å². The highest BCUT2D eigenvalue weighted by molar-refractivity contribution is 5.45. The van der Waals surface area contributed by atoms with Gasteiger partial charge in [-0.3, -0.25) is 0 Å². The molecule has 2 nitrogen and oxygen atoms in total. The standard InChI is InChI=1S/C18H19NO/c1-18-10-12-6-2-3-7-13(12)15(11-19-18)17(20)14-8-4-5-9-16(14)18/h2-9,15,17,19-20H,10-11H2,1H3/t15-,17+,18+/m1/s1. The van der Waals surface area contributed by atoms with Crippen molar-refractivity contribution in [1.82, 2.24) is 5.32 Å². The molecular formula is C18H19NO. The minimum Gasteiger partial charge on any atom is -0.388 e. The monoisotopic (exact) mass is 265 g/mol. The van der Waals surface area contributed by atoms with Crippen molar-refractivity contribution in [2.24, 2.45) is 0 Å². The number of fused-ring (bicyclic) bond motifs is 7. The number of hydrogen-bond donors (Lipinski definition) is 2. The average molecular weight is 265 g/mol. The SMILES string of the molecule is C[C@@]12Cc3ccccc3[C@@H](CN1)[C@@H](O)c1ccccc12. The van der Waals surface area contributed by atoms with Crippen molar-refractivity contribution in [2.45, 2.75) is 30.9 Å². The first-order valence-corrected chi connectivity index (χ1v) is 7.29. The second-order valence-electron chi connectivity index (χ2n) is 6.23. The fourth-order valence-corrected chi connectivity index (χ4v) is 3.89. The highest BCUT2D eigenvalue weighted by Gasteiger charge is 2.41. The van der Waals surface area contributed by atoms with Gasteiger partial charge in [0.1, 0.15) is 0 Å².